The van der Waals surface area contributed by atoms with Gasteiger partial charge in [0.05, 0.1) is 12.7 Å². The molecule has 5 heteroatoms. The van der Waals surface area contributed by atoms with E-state index in [4.69, 9.17) is 10.00 Å². The summed E-state index contributed by atoms with van der Waals surface area (Å²) in [6, 6.07) is 21.6. The number of hydrogen-bond donors (Lipinski definition) is 1. The van der Waals surface area contributed by atoms with Crippen LogP contribution in [0, 0.1) is 11.3 Å². The second kappa shape index (κ2) is 11.5. The van der Waals surface area contributed by atoms with E-state index in [1.807, 2.05) is 12.1 Å². The van der Waals surface area contributed by atoms with Crippen LogP contribution in [0.25, 0.3) is 0 Å². The molecule has 1 aliphatic heterocycles. The van der Waals surface area contributed by atoms with Crippen molar-refractivity contribution in [1.82, 2.24) is 10.2 Å². The Morgan fingerprint density at radius 2 is 1.86 bits per heavy atom. The molecule has 0 aromatic heterocycles. The first-order chi connectivity index (χ1) is 14.3. The van der Waals surface area contributed by atoms with Gasteiger partial charge in [0.2, 0.25) is 0 Å². The van der Waals surface area contributed by atoms with E-state index in [9.17, 15) is 0 Å². The highest BCUT2D eigenvalue weighted by molar-refractivity contribution is 5.46. The molecule has 3 rings (SSSR count). The Kier molecular flexibility index (Phi) is 8.36. The van der Waals surface area contributed by atoms with Gasteiger partial charge in [-0.1, -0.05) is 30.3 Å². The average Bonchev–Trinajstić information content (AvgIpc) is 2.78. The number of nitrogens with one attached hydrogen (secondary N) is 1. The highest BCUT2D eigenvalue weighted by atomic mass is 16.5. The van der Waals surface area contributed by atoms with E-state index in [-0.39, 0.29) is 0 Å². The Hall–Kier alpha value is -2.55. The van der Waals surface area contributed by atoms with Crippen LogP contribution in [0.1, 0.15) is 25.3 Å². The van der Waals surface area contributed by atoms with E-state index in [1.54, 1.807) is 0 Å². The van der Waals surface area contributed by atoms with E-state index >= 15 is 0 Å². The van der Waals surface area contributed by atoms with Gasteiger partial charge in [-0.3, -0.25) is 4.90 Å². The maximum absolute atomic E-state index is 8.59. The van der Waals surface area contributed by atoms with Crippen LogP contribution in [0.3, 0.4) is 0 Å². The van der Waals surface area contributed by atoms with Gasteiger partial charge in [-0.2, -0.15) is 5.26 Å². The first kappa shape index (κ1) is 21.2. The van der Waals surface area contributed by atoms with Crippen molar-refractivity contribution in [3.63, 3.8) is 0 Å². The van der Waals surface area contributed by atoms with Gasteiger partial charge < -0.3 is 15.0 Å². The van der Waals surface area contributed by atoms with Crippen LogP contribution in [-0.2, 0) is 6.54 Å². The van der Waals surface area contributed by atoms with Gasteiger partial charge in [0.15, 0.2) is 0 Å². The fourth-order valence-corrected chi connectivity index (χ4v) is 3.70. The van der Waals surface area contributed by atoms with Gasteiger partial charge in [-0.25, -0.2) is 0 Å². The molecule has 1 N–H and O–H groups in total. The molecule has 2 aromatic carbocycles. The predicted octanol–water partition coefficient (Wildman–Crippen LogP) is 3.67. The van der Waals surface area contributed by atoms with Crippen LogP contribution in [0.5, 0.6) is 5.75 Å². The largest absolute Gasteiger partial charge is 0.494 e. The zero-order valence-corrected chi connectivity index (χ0v) is 17.4. The molecule has 1 atom stereocenters. The van der Waals surface area contributed by atoms with Crippen molar-refractivity contribution < 1.29 is 4.74 Å². The number of ether oxygens (including phenoxy) is 1. The van der Waals surface area contributed by atoms with Gasteiger partial charge in [0.25, 0.3) is 0 Å². The minimum absolute atomic E-state index is 0.512. The third-order valence-electron chi connectivity index (χ3n) is 5.43. The highest BCUT2D eigenvalue weighted by Crippen LogP contribution is 2.17. The summed E-state index contributed by atoms with van der Waals surface area (Å²) in [5.41, 5.74) is 2.55. The second-order valence-corrected chi connectivity index (χ2v) is 7.60. The second-order valence-electron chi connectivity index (χ2n) is 7.60. The monoisotopic (exact) mass is 392 g/mol. The Balaban J connectivity index is 1.37. The van der Waals surface area contributed by atoms with Crippen molar-refractivity contribution in [2.75, 3.05) is 44.2 Å². The minimum Gasteiger partial charge on any atom is -0.494 e. The van der Waals surface area contributed by atoms with Crippen LogP contribution in [-0.4, -0.2) is 50.3 Å². The van der Waals surface area contributed by atoms with Crippen molar-refractivity contribution in [3.05, 3.63) is 60.2 Å². The Morgan fingerprint density at radius 3 is 2.62 bits per heavy atom. The summed E-state index contributed by atoms with van der Waals surface area (Å²) in [5.74, 6) is 0.882. The van der Waals surface area contributed by atoms with E-state index < -0.39 is 0 Å². The molecule has 29 heavy (non-hydrogen) atoms. The molecule has 0 radical (unpaired) electrons. The molecule has 0 aliphatic carbocycles. The van der Waals surface area contributed by atoms with Crippen LogP contribution in [0.2, 0.25) is 0 Å². The number of para-hydroxylation sites is 1. The zero-order valence-electron chi connectivity index (χ0n) is 17.4. The van der Waals surface area contributed by atoms with Gasteiger partial charge in [0.1, 0.15) is 5.75 Å². The highest BCUT2D eigenvalue weighted by Gasteiger charge is 2.20. The molecule has 154 valence electrons. The summed E-state index contributed by atoms with van der Waals surface area (Å²) in [7, 11) is 0. The van der Waals surface area contributed by atoms with Crippen LogP contribution < -0.4 is 15.0 Å². The number of piperazine rings is 1. The Bertz CT molecular complexity index is 766. The zero-order chi connectivity index (χ0) is 20.3. The maximum Gasteiger partial charge on any atom is 0.119 e. The number of nitrogens with zero attached hydrogens (tertiary/aromatic N) is 3. The van der Waals surface area contributed by atoms with Crippen molar-refractivity contribution in [3.8, 4) is 11.8 Å². The number of anilines is 1. The lowest BCUT2D eigenvalue weighted by Crippen LogP contribution is -2.51. The van der Waals surface area contributed by atoms with Crippen molar-refractivity contribution in [1.29, 1.82) is 5.26 Å². The summed E-state index contributed by atoms with van der Waals surface area (Å²) in [5, 5.41) is 12.2. The van der Waals surface area contributed by atoms with Crippen molar-refractivity contribution in [2.24, 2.45) is 0 Å². The summed E-state index contributed by atoms with van der Waals surface area (Å²) < 4.78 is 5.73. The summed E-state index contributed by atoms with van der Waals surface area (Å²) in [4.78, 5) is 5.04. The molecule has 0 saturated carbocycles. The smallest absolute Gasteiger partial charge is 0.119 e. The standard InChI is InChI=1S/C24H32N4O/c1-21(27-13-15-28(16-14-27)23-9-3-2-4-10-23)19-26-20-22-8-7-11-24(18-22)29-17-6-5-12-25/h2-4,7-11,18,21,26H,5-6,13-17,19-20H2,1H3. The molecular formula is C24H32N4O. The van der Waals surface area contributed by atoms with Crippen LogP contribution in [0.15, 0.2) is 54.6 Å². The van der Waals surface area contributed by atoms with E-state index in [0.29, 0.717) is 19.1 Å². The molecule has 0 bridgehead atoms. The molecule has 5 nitrogen and oxygen atoms in total. The van der Waals surface area contributed by atoms with Gasteiger partial charge in [-0.05, 0) is 43.2 Å². The number of unbranched alkanes of at least 4 members (excludes halogenated alkanes) is 1. The first-order valence-electron chi connectivity index (χ1n) is 10.6. The lowest BCUT2D eigenvalue weighted by atomic mass is 10.2. The van der Waals surface area contributed by atoms with E-state index in [2.05, 4.69) is 70.6 Å². The molecule has 1 saturated heterocycles. The van der Waals surface area contributed by atoms with E-state index in [1.165, 1.54) is 11.3 Å². The molecule has 0 spiro atoms. The maximum atomic E-state index is 8.59. The molecule has 1 aliphatic rings. The summed E-state index contributed by atoms with van der Waals surface area (Å²) >= 11 is 0. The molecule has 0 amide bonds. The first-order valence-corrected chi connectivity index (χ1v) is 10.6. The van der Waals surface area contributed by atoms with E-state index in [0.717, 1.165) is 51.4 Å². The number of nitriles is 1. The van der Waals surface area contributed by atoms with Crippen LogP contribution in [0.4, 0.5) is 5.69 Å². The molecular weight excluding hydrogens is 360 g/mol. The van der Waals surface area contributed by atoms with Crippen molar-refractivity contribution in [2.45, 2.75) is 32.4 Å². The van der Waals surface area contributed by atoms with Gasteiger partial charge in [0, 0.05) is 57.4 Å². The lowest BCUT2D eigenvalue weighted by molar-refractivity contribution is 0.193. The van der Waals surface area contributed by atoms with Crippen molar-refractivity contribution >= 4 is 5.69 Å². The third-order valence-corrected chi connectivity index (χ3v) is 5.43. The number of hydrogen-bond acceptors (Lipinski definition) is 5. The fraction of sp³-hybridized carbons (Fsp3) is 0.458. The van der Waals surface area contributed by atoms with Crippen LogP contribution >= 0.6 is 0 Å². The van der Waals surface area contributed by atoms with Gasteiger partial charge in [-0.15, -0.1) is 0 Å². The molecule has 2 aromatic rings. The number of rotatable bonds is 10. The Labute approximate surface area is 174 Å². The summed E-state index contributed by atoms with van der Waals surface area (Å²) in [6.45, 7) is 9.07. The fourth-order valence-electron chi connectivity index (χ4n) is 3.70. The van der Waals surface area contributed by atoms with Gasteiger partial charge >= 0.3 is 0 Å². The summed E-state index contributed by atoms with van der Waals surface area (Å²) in [6.07, 6.45) is 1.31. The SMILES string of the molecule is CC(CNCc1cccc(OCCCC#N)c1)N1CCN(c2ccccc2)CC1. The average molecular weight is 393 g/mol. The number of benzene rings is 2. The Morgan fingerprint density at radius 1 is 1.07 bits per heavy atom. The minimum atomic E-state index is 0.512. The third kappa shape index (κ3) is 6.77. The normalized spacial score (nSPS) is 15.7. The molecule has 1 unspecified atom stereocenters. The molecule has 1 heterocycles. The molecule has 1 fully saturated rings. The lowest BCUT2D eigenvalue weighted by Gasteiger charge is -2.39. The predicted molar refractivity (Wildman–Crippen MR) is 118 cm³/mol. The quantitative estimate of drug-likeness (QED) is 0.625. The topological polar surface area (TPSA) is 51.5 Å².